The average Bonchev–Trinajstić information content (AvgIpc) is 3.11. The van der Waals surface area contributed by atoms with Gasteiger partial charge in [-0.1, -0.05) is 132 Å². The second kappa shape index (κ2) is 16.9. The summed E-state index contributed by atoms with van der Waals surface area (Å²) in [6.07, 6.45) is 1.94. The van der Waals surface area contributed by atoms with Crippen molar-refractivity contribution in [3.8, 4) is 56.0 Å². The highest BCUT2D eigenvalue weighted by molar-refractivity contribution is 7.99. The Morgan fingerprint density at radius 1 is 0.431 bits per heavy atom. The summed E-state index contributed by atoms with van der Waals surface area (Å²) in [4.78, 5) is 1.05. The zero-order valence-corrected chi connectivity index (χ0v) is 39.3. The Bertz CT molecular complexity index is 2070. The standard InChI is InChI=1S/C54H70O3S/c1-33-21-42(36-27-38(51(4,5)6)31-39(28-36)52(7,8)9)48(55)44(23-33)46-25-35(3)26-47(50(46)58-20-18-17-19-57-16)45-24-34(2)22-43(49(45)56)37-29-40(53(10,11)12)32-41(30-37)54(13,14)15/h21-32,55-56H,17-20H2,1-16H3. The second-order valence-electron chi connectivity index (χ2n) is 20.8. The molecule has 0 spiro atoms. The van der Waals surface area contributed by atoms with Gasteiger partial charge in [-0.15, -0.1) is 11.8 Å². The van der Waals surface area contributed by atoms with Gasteiger partial charge in [-0.25, -0.2) is 0 Å². The largest absolute Gasteiger partial charge is 0.507 e. The lowest BCUT2D eigenvalue weighted by Gasteiger charge is -2.27. The summed E-state index contributed by atoms with van der Waals surface area (Å²) in [6.45, 7) is 34.1. The maximum Gasteiger partial charge on any atom is 0.131 e. The minimum Gasteiger partial charge on any atom is -0.507 e. The summed E-state index contributed by atoms with van der Waals surface area (Å²) in [6, 6.07) is 26.6. The maximum absolute atomic E-state index is 12.5. The summed E-state index contributed by atoms with van der Waals surface area (Å²) in [5.74, 6) is 1.42. The highest BCUT2D eigenvalue weighted by Crippen LogP contribution is 2.50. The lowest BCUT2D eigenvalue weighted by molar-refractivity contribution is 0.194. The van der Waals surface area contributed by atoms with Crippen LogP contribution in [0, 0.1) is 20.8 Å². The third kappa shape index (κ3) is 10.2. The molecule has 0 aromatic heterocycles. The quantitative estimate of drug-likeness (QED) is 0.109. The Morgan fingerprint density at radius 2 is 0.741 bits per heavy atom. The van der Waals surface area contributed by atoms with E-state index in [1.807, 2.05) is 0 Å². The molecule has 5 rings (SSSR count). The van der Waals surface area contributed by atoms with E-state index < -0.39 is 0 Å². The van der Waals surface area contributed by atoms with Crippen molar-refractivity contribution in [3.05, 3.63) is 112 Å². The van der Waals surface area contributed by atoms with Crippen molar-refractivity contribution in [2.24, 2.45) is 0 Å². The van der Waals surface area contributed by atoms with Crippen LogP contribution < -0.4 is 0 Å². The second-order valence-corrected chi connectivity index (χ2v) is 21.9. The van der Waals surface area contributed by atoms with Crippen LogP contribution in [0.2, 0.25) is 0 Å². The third-order valence-corrected chi connectivity index (χ3v) is 12.5. The van der Waals surface area contributed by atoms with Gasteiger partial charge in [0, 0.05) is 40.9 Å². The van der Waals surface area contributed by atoms with Crippen molar-refractivity contribution in [1.29, 1.82) is 0 Å². The van der Waals surface area contributed by atoms with Crippen LogP contribution in [0.1, 0.15) is 135 Å². The van der Waals surface area contributed by atoms with Crippen molar-refractivity contribution in [3.63, 3.8) is 0 Å². The third-order valence-electron chi connectivity index (χ3n) is 11.3. The fourth-order valence-electron chi connectivity index (χ4n) is 7.56. The van der Waals surface area contributed by atoms with Gasteiger partial charge in [-0.3, -0.25) is 0 Å². The number of phenolic OH excluding ortho intramolecular Hbond substituents is 2. The monoisotopic (exact) mass is 799 g/mol. The SMILES string of the molecule is COCCCCSc1c(-c2cc(C)cc(-c3cc(C(C)(C)C)cc(C(C)(C)C)c3)c2O)cc(C)cc1-c1cc(C)cc(-c2cc(C(C)(C)C)cc(C(C)(C)C)c2)c1O. The molecule has 0 saturated heterocycles. The molecule has 0 aliphatic carbocycles. The highest BCUT2D eigenvalue weighted by Gasteiger charge is 2.27. The summed E-state index contributed by atoms with van der Waals surface area (Å²) < 4.78 is 5.41. The Kier molecular flexibility index (Phi) is 13.2. The van der Waals surface area contributed by atoms with Crippen molar-refractivity contribution >= 4 is 11.8 Å². The first-order valence-electron chi connectivity index (χ1n) is 21.1. The number of aromatic hydroxyl groups is 2. The van der Waals surface area contributed by atoms with Crippen LogP contribution in [-0.2, 0) is 26.4 Å². The van der Waals surface area contributed by atoms with Gasteiger partial charge in [0.05, 0.1) is 0 Å². The van der Waals surface area contributed by atoms with Gasteiger partial charge in [0.15, 0.2) is 0 Å². The fraction of sp³-hybridized carbons (Fsp3) is 0.444. The molecule has 0 aliphatic heterocycles. The average molecular weight is 799 g/mol. The Labute approximate surface area is 355 Å². The summed E-state index contributed by atoms with van der Waals surface area (Å²) in [5.41, 5.74) is 15.2. The molecule has 2 N–H and O–H groups in total. The van der Waals surface area contributed by atoms with E-state index in [1.165, 1.54) is 22.3 Å². The first kappa shape index (κ1) is 45.1. The number of thioether (sulfide) groups is 1. The van der Waals surface area contributed by atoms with Crippen molar-refractivity contribution in [2.45, 2.75) is 143 Å². The number of hydrogen-bond donors (Lipinski definition) is 2. The molecule has 0 saturated carbocycles. The van der Waals surface area contributed by atoms with E-state index in [1.54, 1.807) is 18.9 Å². The van der Waals surface area contributed by atoms with Crippen LogP contribution in [0.15, 0.2) is 77.7 Å². The van der Waals surface area contributed by atoms with Crippen LogP contribution in [-0.4, -0.2) is 29.7 Å². The Morgan fingerprint density at radius 3 is 1.05 bits per heavy atom. The number of hydrogen-bond acceptors (Lipinski definition) is 4. The van der Waals surface area contributed by atoms with Gasteiger partial charge in [0.1, 0.15) is 11.5 Å². The first-order valence-corrected chi connectivity index (χ1v) is 22.1. The van der Waals surface area contributed by atoms with Gasteiger partial charge in [0.25, 0.3) is 0 Å². The number of phenols is 2. The van der Waals surface area contributed by atoms with Gasteiger partial charge in [-0.05, 0) is 146 Å². The van der Waals surface area contributed by atoms with Crippen molar-refractivity contribution in [1.82, 2.24) is 0 Å². The molecule has 4 heteroatoms. The Hall–Kier alpha value is -3.99. The minimum atomic E-state index is -0.0621. The van der Waals surface area contributed by atoms with Crippen molar-refractivity contribution in [2.75, 3.05) is 19.5 Å². The number of unbranched alkanes of at least 4 members (excludes halogenated alkanes) is 1. The van der Waals surface area contributed by atoms with Crippen LogP contribution in [0.4, 0.5) is 0 Å². The highest BCUT2D eigenvalue weighted by atomic mass is 32.2. The first-order chi connectivity index (χ1) is 26.8. The molecule has 0 fully saturated rings. The molecular weight excluding hydrogens is 729 g/mol. The molecule has 3 nitrogen and oxygen atoms in total. The van der Waals surface area contributed by atoms with E-state index in [2.05, 4.69) is 177 Å². The molecule has 0 radical (unpaired) electrons. The van der Waals surface area contributed by atoms with Crippen molar-refractivity contribution < 1.29 is 14.9 Å². The summed E-state index contributed by atoms with van der Waals surface area (Å²) in [5, 5.41) is 25.1. The molecule has 0 amide bonds. The molecular formula is C54H70O3S. The molecule has 0 heterocycles. The van der Waals surface area contributed by atoms with E-state index in [-0.39, 0.29) is 33.2 Å². The lowest BCUT2D eigenvalue weighted by atomic mass is 9.78. The summed E-state index contributed by atoms with van der Waals surface area (Å²) >= 11 is 1.80. The van der Waals surface area contributed by atoms with Crippen LogP contribution in [0.25, 0.3) is 44.5 Å². The molecule has 310 valence electrons. The molecule has 0 bridgehead atoms. The number of aryl methyl sites for hydroxylation is 3. The smallest absolute Gasteiger partial charge is 0.131 e. The molecule has 0 aliphatic rings. The van der Waals surface area contributed by atoms with E-state index >= 15 is 0 Å². The number of methoxy groups -OCH3 is 1. The van der Waals surface area contributed by atoms with Gasteiger partial charge >= 0.3 is 0 Å². The van der Waals surface area contributed by atoms with Gasteiger partial charge in [0.2, 0.25) is 0 Å². The molecule has 0 atom stereocenters. The number of benzene rings is 5. The van der Waals surface area contributed by atoms with Gasteiger partial charge in [-0.2, -0.15) is 0 Å². The molecule has 5 aromatic carbocycles. The molecule has 5 aromatic rings. The maximum atomic E-state index is 12.5. The topological polar surface area (TPSA) is 49.7 Å². The van der Waals surface area contributed by atoms with E-state index in [0.29, 0.717) is 6.61 Å². The van der Waals surface area contributed by atoms with Crippen LogP contribution in [0.3, 0.4) is 0 Å². The zero-order valence-electron chi connectivity index (χ0n) is 38.5. The lowest BCUT2D eigenvalue weighted by Crippen LogP contribution is -2.16. The predicted octanol–water partition coefficient (Wildman–Crippen LogP) is 15.4. The molecule has 0 unspecified atom stereocenters. The zero-order chi connectivity index (χ0) is 43.1. The Balaban J connectivity index is 1.81. The minimum absolute atomic E-state index is 0.0621. The normalized spacial score (nSPS) is 12.7. The number of ether oxygens (including phenoxy) is 1. The van der Waals surface area contributed by atoms with E-state index in [9.17, 15) is 10.2 Å². The summed E-state index contributed by atoms with van der Waals surface area (Å²) in [7, 11) is 1.75. The predicted molar refractivity (Wildman–Crippen MR) is 252 cm³/mol. The van der Waals surface area contributed by atoms with Crippen LogP contribution in [0.5, 0.6) is 11.5 Å². The van der Waals surface area contributed by atoms with Gasteiger partial charge < -0.3 is 14.9 Å². The van der Waals surface area contributed by atoms with E-state index in [0.717, 1.165) is 84.7 Å². The number of rotatable bonds is 10. The molecule has 58 heavy (non-hydrogen) atoms. The fourth-order valence-corrected chi connectivity index (χ4v) is 8.76. The van der Waals surface area contributed by atoms with E-state index in [4.69, 9.17) is 4.74 Å². The van der Waals surface area contributed by atoms with Crippen LogP contribution >= 0.6 is 11.8 Å².